The molecule has 1 aliphatic rings. The minimum absolute atomic E-state index is 0.0406. The van der Waals surface area contributed by atoms with E-state index in [9.17, 15) is 9.59 Å². The van der Waals surface area contributed by atoms with Gasteiger partial charge in [-0.05, 0) is 24.1 Å². The highest BCUT2D eigenvalue weighted by atomic mass is 32.2. The van der Waals surface area contributed by atoms with Gasteiger partial charge in [0.2, 0.25) is 5.91 Å². The predicted molar refractivity (Wildman–Crippen MR) is 79.6 cm³/mol. The van der Waals surface area contributed by atoms with Crippen LogP contribution in [0.2, 0.25) is 0 Å². The predicted octanol–water partition coefficient (Wildman–Crippen LogP) is 2.44. The van der Waals surface area contributed by atoms with Crippen LogP contribution in [0.4, 0.5) is 5.69 Å². The summed E-state index contributed by atoms with van der Waals surface area (Å²) in [7, 11) is 0. The summed E-state index contributed by atoms with van der Waals surface area (Å²) in [6, 6.07) is 9.25. The van der Waals surface area contributed by atoms with Crippen LogP contribution >= 0.6 is 11.8 Å². The Kier molecular flexibility index (Phi) is 3.62. The van der Waals surface area contributed by atoms with E-state index in [-0.39, 0.29) is 22.4 Å². The van der Waals surface area contributed by atoms with Crippen molar-refractivity contribution in [1.82, 2.24) is 4.98 Å². The van der Waals surface area contributed by atoms with Crippen molar-refractivity contribution in [2.24, 2.45) is 0 Å². The summed E-state index contributed by atoms with van der Waals surface area (Å²) < 4.78 is 0. The second-order valence-corrected chi connectivity index (χ2v) is 5.88. The van der Waals surface area contributed by atoms with Crippen molar-refractivity contribution in [2.75, 3.05) is 5.32 Å². The van der Waals surface area contributed by atoms with Crippen LogP contribution in [0.5, 0.6) is 0 Å². The average Bonchev–Trinajstić information content (AvgIpc) is 2.91. The highest BCUT2D eigenvalue weighted by molar-refractivity contribution is 8.01. The number of aromatic carboxylic acids is 1. The molecule has 1 unspecified atom stereocenters. The van der Waals surface area contributed by atoms with E-state index in [0.29, 0.717) is 6.42 Å². The lowest BCUT2D eigenvalue weighted by atomic mass is 10.1. The molecule has 106 valence electrons. The van der Waals surface area contributed by atoms with Gasteiger partial charge in [-0.25, -0.2) is 4.79 Å². The molecule has 1 aliphatic heterocycles. The zero-order valence-electron chi connectivity index (χ0n) is 10.9. The third-order valence-corrected chi connectivity index (χ3v) is 4.57. The van der Waals surface area contributed by atoms with Crippen LogP contribution in [0, 0.1) is 0 Å². The largest absolute Gasteiger partial charge is 0.478 e. The zero-order valence-corrected chi connectivity index (χ0v) is 11.8. The SMILES string of the molecule is O=C(O)c1ccncc1NC(=O)C1Cc2ccccc2S1. The second kappa shape index (κ2) is 5.57. The molecule has 21 heavy (non-hydrogen) atoms. The number of fused-ring (bicyclic) bond motifs is 1. The van der Waals surface area contributed by atoms with Crippen LogP contribution in [0.15, 0.2) is 47.6 Å². The normalized spacial score (nSPS) is 16.3. The topological polar surface area (TPSA) is 79.3 Å². The van der Waals surface area contributed by atoms with Crippen LogP contribution in [0.25, 0.3) is 0 Å². The first-order chi connectivity index (χ1) is 10.1. The Hall–Kier alpha value is -2.34. The van der Waals surface area contributed by atoms with Crippen LogP contribution in [0.1, 0.15) is 15.9 Å². The fourth-order valence-corrected chi connectivity index (χ4v) is 3.42. The lowest BCUT2D eigenvalue weighted by Crippen LogP contribution is -2.25. The number of thioether (sulfide) groups is 1. The highest BCUT2D eigenvalue weighted by Gasteiger charge is 2.28. The highest BCUT2D eigenvalue weighted by Crippen LogP contribution is 2.37. The maximum absolute atomic E-state index is 12.3. The third kappa shape index (κ3) is 2.75. The molecule has 2 N–H and O–H groups in total. The van der Waals surface area contributed by atoms with Gasteiger partial charge in [-0.15, -0.1) is 11.8 Å². The molecular weight excluding hydrogens is 288 g/mol. The molecule has 0 saturated heterocycles. The van der Waals surface area contributed by atoms with E-state index in [0.717, 1.165) is 10.5 Å². The van der Waals surface area contributed by atoms with Crippen molar-refractivity contribution < 1.29 is 14.7 Å². The molecule has 0 radical (unpaired) electrons. The number of carbonyl (C=O) groups excluding carboxylic acids is 1. The molecule has 1 amide bonds. The summed E-state index contributed by atoms with van der Waals surface area (Å²) in [4.78, 5) is 28.4. The van der Waals surface area contributed by atoms with E-state index in [2.05, 4.69) is 10.3 Å². The number of hydrogen-bond acceptors (Lipinski definition) is 4. The Morgan fingerprint density at radius 1 is 1.29 bits per heavy atom. The van der Waals surface area contributed by atoms with Gasteiger partial charge in [0.1, 0.15) is 0 Å². The molecule has 6 heteroatoms. The number of carboxylic acid groups (broad SMARTS) is 1. The van der Waals surface area contributed by atoms with Crippen LogP contribution in [-0.4, -0.2) is 27.2 Å². The van der Waals surface area contributed by atoms with E-state index in [4.69, 9.17) is 5.11 Å². The number of amides is 1. The lowest BCUT2D eigenvalue weighted by Gasteiger charge is -2.11. The second-order valence-electron chi connectivity index (χ2n) is 4.63. The number of carboxylic acids is 1. The van der Waals surface area contributed by atoms with Gasteiger partial charge in [-0.1, -0.05) is 18.2 Å². The van der Waals surface area contributed by atoms with Crippen LogP contribution in [-0.2, 0) is 11.2 Å². The Balaban J connectivity index is 1.76. The molecular formula is C15H12N2O3S. The van der Waals surface area contributed by atoms with Crippen molar-refractivity contribution in [3.05, 3.63) is 53.9 Å². The Morgan fingerprint density at radius 3 is 2.86 bits per heavy atom. The Labute approximate surface area is 125 Å². The molecule has 0 spiro atoms. The molecule has 1 aromatic heterocycles. The molecule has 3 rings (SSSR count). The van der Waals surface area contributed by atoms with Gasteiger partial charge in [-0.3, -0.25) is 9.78 Å². The first-order valence-corrected chi connectivity index (χ1v) is 7.26. The van der Waals surface area contributed by atoms with Crippen LogP contribution < -0.4 is 5.32 Å². The summed E-state index contributed by atoms with van der Waals surface area (Å²) in [6.45, 7) is 0. The number of benzene rings is 1. The number of hydrogen-bond donors (Lipinski definition) is 2. The molecule has 0 fully saturated rings. The number of anilines is 1. The van der Waals surface area contributed by atoms with Gasteiger partial charge in [0.05, 0.1) is 22.7 Å². The van der Waals surface area contributed by atoms with E-state index >= 15 is 0 Å². The maximum Gasteiger partial charge on any atom is 0.337 e. The van der Waals surface area contributed by atoms with E-state index in [1.807, 2.05) is 24.3 Å². The van der Waals surface area contributed by atoms with Gasteiger partial charge in [-0.2, -0.15) is 0 Å². The maximum atomic E-state index is 12.3. The smallest absolute Gasteiger partial charge is 0.337 e. The summed E-state index contributed by atoms with van der Waals surface area (Å²) in [5.74, 6) is -1.29. The number of nitrogens with one attached hydrogen (secondary N) is 1. The minimum Gasteiger partial charge on any atom is -0.478 e. The lowest BCUT2D eigenvalue weighted by molar-refractivity contribution is -0.115. The minimum atomic E-state index is -1.09. The fourth-order valence-electron chi connectivity index (χ4n) is 2.22. The van der Waals surface area contributed by atoms with Gasteiger partial charge >= 0.3 is 5.97 Å². The van der Waals surface area contributed by atoms with Crippen molar-refractivity contribution in [3.63, 3.8) is 0 Å². The summed E-state index contributed by atoms with van der Waals surface area (Å²) in [5, 5.41) is 11.5. The van der Waals surface area contributed by atoms with E-state index in [1.165, 1.54) is 30.2 Å². The van der Waals surface area contributed by atoms with Crippen molar-refractivity contribution in [3.8, 4) is 0 Å². The number of carbonyl (C=O) groups is 2. The van der Waals surface area contributed by atoms with Crippen LogP contribution in [0.3, 0.4) is 0 Å². The first kappa shape index (κ1) is 13.6. The molecule has 0 aliphatic carbocycles. The molecule has 2 aromatic rings. The Bertz CT molecular complexity index is 693. The first-order valence-electron chi connectivity index (χ1n) is 6.38. The molecule has 0 saturated carbocycles. The molecule has 5 nitrogen and oxygen atoms in total. The van der Waals surface area contributed by atoms with Gasteiger partial charge in [0.25, 0.3) is 0 Å². The van der Waals surface area contributed by atoms with E-state index < -0.39 is 5.97 Å². The summed E-state index contributed by atoms with van der Waals surface area (Å²) in [6.07, 6.45) is 3.39. The summed E-state index contributed by atoms with van der Waals surface area (Å²) >= 11 is 1.50. The van der Waals surface area contributed by atoms with Gasteiger partial charge < -0.3 is 10.4 Å². The van der Waals surface area contributed by atoms with Crippen molar-refractivity contribution >= 4 is 29.3 Å². The van der Waals surface area contributed by atoms with Crippen molar-refractivity contribution in [1.29, 1.82) is 0 Å². The van der Waals surface area contributed by atoms with Gasteiger partial charge in [0, 0.05) is 11.1 Å². The molecule has 1 aromatic carbocycles. The van der Waals surface area contributed by atoms with Gasteiger partial charge in [0.15, 0.2) is 0 Å². The number of nitrogens with zero attached hydrogens (tertiary/aromatic N) is 1. The van der Waals surface area contributed by atoms with Crippen molar-refractivity contribution in [2.45, 2.75) is 16.6 Å². The number of pyridine rings is 1. The number of aromatic nitrogens is 1. The zero-order chi connectivity index (χ0) is 14.8. The average molecular weight is 300 g/mol. The molecule has 0 bridgehead atoms. The molecule has 1 atom stereocenters. The van der Waals surface area contributed by atoms with E-state index in [1.54, 1.807) is 0 Å². The Morgan fingerprint density at radius 2 is 2.10 bits per heavy atom. The standard InChI is InChI=1S/C15H12N2O3S/c18-14(13-7-9-3-1-2-4-12(9)21-13)17-11-8-16-6-5-10(11)15(19)20/h1-6,8,13H,7H2,(H,17,18)(H,19,20). The number of rotatable bonds is 3. The third-order valence-electron chi connectivity index (χ3n) is 3.25. The summed E-state index contributed by atoms with van der Waals surface area (Å²) in [5.41, 5.74) is 1.41. The molecule has 2 heterocycles. The fraction of sp³-hybridized carbons (Fsp3) is 0.133. The monoisotopic (exact) mass is 300 g/mol. The quantitative estimate of drug-likeness (QED) is 0.910.